The van der Waals surface area contributed by atoms with Gasteiger partial charge in [0.1, 0.15) is 0 Å². The van der Waals surface area contributed by atoms with Crippen LogP contribution in [-0.2, 0) is 0 Å². The van der Waals surface area contributed by atoms with Crippen LogP contribution in [-0.4, -0.2) is 13.1 Å². The third kappa shape index (κ3) is 2.56. The molecule has 0 heterocycles. The van der Waals surface area contributed by atoms with Crippen LogP contribution in [0.5, 0.6) is 0 Å². The third-order valence-electron chi connectivity index (χ3n) is 4.15. The van der Waals surface area contributed by atoms with Gasteiger partial charge in [-0.3, -0.25) is 0 Å². The molecule has 2 heteroatoms. The minimum absolute atomic E-state index is 0.662. The number of nitrogens with zero attached hydrogens (tertiary/aromatic N) is 1. The van der Waals surface area contributed by atoms with Gasteiger partial charge >= 0.3 is 0 Å². The van der Waals surface area contributed by atoms with Crippen LogP contribution < -0.4 is 10.6 Å². The van der Waals surface area contributed by atoms with Crippen LogP contribution in [0.2, 0.25) is 0 Å². The summed E-state index contributed by atoms with van der Waals surface area (Å²) in [4.78, 5) is 2.40. The average molecular weight is 232 g/mol. The first kappa shape index (κ1) is 12.3. The van der Waals surface area contributed by atoms with Crippen molar-refractivity contribution in [2.24, 2.45) is 5.92 Å². The second kappa shape index (κ2) is 4.99. The molecule has 17 heavy (non-hydrogen) atoms. The Bertz CT molecular complexity index is 358. The predicted molar refractivity (Wildman–Crippen MR) is 75.4 cm³/mol. The fourth-order valence-corrected chi connectivity index (χ4v) is 2.98. The Balaban J connectivity index is 2.16. The smallest absolute Gasteiger partial charge is 0.0629 e. The second-order valence-corrected chi connectivity index (χ2v) is 5.54. The largest absolute Gasteiger partial charge is 0.397 e. The van der Waals surface area contributed by atoms with Crippen molar-refractivity contribution in [3.8, 4) is 0 Å². The van der Waals surface area contributed by atoms with Gasteiger partial charge in [0.25, 0.3) is 0 Å². The van der Waals surface area contributed by atoms with Crippen LogP contribution in [0.25, 0.3) is 0 Å². The molecule has 0 spiro atoms. The zero-order valence-electron chi connectivity index (χ0n) is 11.2. The van der Waals surface area contributed by atoms with Crippen molar-refractivity contribution in [3.63, 3.8) is 0 Å². The van der Waals surface area contributed by atoms with Gasteiger partial charge in [-0.1, -0.05) is 19.1 Å². The topological polar surface area (TPSA) is 29.3 Å². The molecule has 94 valence electrons. The van der Waals surface area contributed by atoms with E-state index in [4.69, 9.17) is 5.73 Å². The molecule has 1 saturated carbocycles. The van der Waals surface area contributed by atoms with Crippen LogP contribution in [0.3, 0.4) is 0 Å². The Kier molecular flexibility index (Phi) is 3.60. The van der Waals surface area contributed by atoms with Crippen LogP contribution >= 0.6 is 0 Å². The van der Waals surface area contributed by atoms with Crippen molar-refractivity contribution >= 4 is 11.4 Å². The van der Waals surface area contributed by atoms with E-state index in [9.17, 15) is 0 Å². The van der Waals surface area contributed by atoms with Gasteiger partial charge in [-0.2, -0.15) is 0 Å². The second-order valence-electron chi connectivity index (χ2n) is 5.54. The molecule has 0 atom stereocenters. The highest BCUT2D eigenvalue weighted by Gasteiger charge is 2.23. The number of rotatable bonds is 2. The number of hydrogen-bond acceptors (Lipinski definition) is 2. The van der Waals surface area contributed by atoms with E-state index >= 15 is 0 Å². The number of nitrogens with two attached hydrogens (primary N) is 1. The summed E-state index contributed by atoms with van der Waals surface area (Å²) in [6.45, 7) is 4.51. The lowest BCUT2D eigenvalue weighted by molar-refractivity contribution is 0.341. The van der Waals surface area contributed by atoms with E-state index in [1.807, 2.05) is 12.1 Å². The van der Waals surface area contributed by atoms with E-state index in [-0.39, 0.29) is 0 Å². The summed E-state index contributed by atoms with van der Waals surface area (Å²) in [6.07, 6.45) is 5.29. The highest BCUT2D eigenvalue weighted by atomic mass is 15.1. The summed E-state index contributed by atoms with van der Waals surface area (Å²) < 4.78 is 0. The molecule has 0 amide bonds. The Hall–Kier alpha value is -1.18. The highest BCUT2D eigenvalue weighted by molar-refractivity contribution is 5.71. The normalized spacial score (nSPS) is 24.6. The molecule has 1 aliphatic rings. The lowest BCUT2D eigenvalue weighted by Crippen LogP contribution is -2.35. The number of para-hydroxylation sites is 1. The maximum Gasteiger partial charge on any atom is 0.0629 e. The summed E-state index contributed by atoms with van der Waals surface area (Å²) >= 11 is 0. The molecule has 0 bridgehead atoms. The first-order valence-corrected chi connectivity index (χ1v) is 6.67. The molecule has 0 unspecified atom stereocenters. The molecule has 2 rings (SSSR count). The fourth-order valence-electron chi connectivity index (χ4n) is 2.98. The summed E-state index contributed by atoms with van der Waals surface area (Å²) in [6, 6.07) is 6.85. The molecule has 0 radical (unpaired) electrons. The monoisotopic (exact) mass is 232 g/mol. The number of hydrogen-bond donors (Lipinski definition) is 1. The van der Waals surface area contributed by atoms with E-state index < -0.39 is 0 Å². The first-order valence-electron chi connectivity index (χ1n) is 6.67. The Labute approximate surface area is 105 Å². The van der Waals surface area contributed by atoms with Gasteiger partial charge in [-0.15, -0.1) is 0 Å². The molecular weight excluding hydrogens is 208 g/mol. The van der Waals surface area contributed by atoms with E-state index in [2.05, 4.69) is 31.9 Å². The summed E-state index contributed by atoms with van der Waals surface area (Å²) in [5.41, 5.74) is 9.54. The van der Waals surface area contributed by atoms with Crippen molar-refractivity contribution < 1.29 is 0 Å². The Morgan fingerprint density at radius 1 is 1.18 bits per heavy atom. The van der Waals surface area contributed by atoms with Gasteiger partial charge in [0.2, 0.25) is 0 Å². The molecule has 1 aliphatic carbocycles. The predicted octanol–water partition coefficient (Wildman–Crippen LogP) is 3.59. The van der Waals surface area contributed by atoms with Crippen molar-refractivity contribution in [2.45, 2.75) is 45.6 Å². The molecule has 1 fully saturated rings. The zero-order valence-corrected chi connectivity index (χ0v) is 11.2. The van der Waals surface area contributed by atoms with Crippen molar-refractivity contribution in [1.29, 1.82) is 0 Å². The van der Waals surface area contributed by atoms with Gasteiger partial charge in [0.15, 0.2) is 0 Å². The molecular formula is C15H24N2. The van der Waals surface area contributed by atoms with Crippen LogP contribution in [0.4, 0.5) is 11.4 Å². The fraction of sp³-hybridized carbons (Fsp3) is 0.600. The third-order valence-corrected chi connectivity index (χ3v) is 4.15. The summed E-state index contributed by atoms with van der Waals surface area (Å²) in [5, 5.41) is 0. The van der Waals surface area contributed by atoms with Gasteiger partial charge < -0.3 is 10.6 Å². The molecule has 0 aliphatic heterocycles. The maximum absolute atomic E-state index is 6.11. The van der Waals surface area contributed by atoms with Crippen molar-refractivity contribution in [2.75, 3.05) is 17.7 Å². The van der Waals surface area contributed by atoms with Crippen LogP contribution in [0.1, 0.15) is 38.2 Å². The van der Waals surface area contributed by atoms with Gasteiger partial charge in [0, 0.05) is 13.1 Å². The molecule has 2 N–H and O–H groups in total. The molecule has 1 aromatic rings. The van der Waals surface area contributed by atoms with Crippen LogP contribution in [0, 0.1) is 12.8 Å². The van der Waals surface area contributed by atoms with E-state index in [0.29, 0.717) is 6.04 Å². The average Bonchev–Trinajstić information content (AvgIpc) is 2.29. The minimum atomic E-state index is 0.662. The van der Waals surface area contributed by atoms with Gasteiger partial charge in [0.05, 0.1) is 11.4 Å². The number of nitrogen functional groups attached to an aromatic ring is 1. The minimum Gasteiger partial charge on any atom is -0.397 e. The number of anilines is 2. The summed E-state index contributed by atoms with van der Waals surface area (Å²) in [5.74, 6) is 0.897. The highest BCUT2D eigenvalue weighted by Crippen LogP contribution is 2.33. The Morgan fingerprint density at radius 3 is 2.41 bits per heavy atom. The molecule has 0 saturated heterocycles. The standard InChI is InChI=1S/C15H24N2/c1-11-7-9-13(10-8-11)17(3)15-12(2)5-4-6-14(15)16/h4-6,11,13H,7-10,16H2,1-3H3. The lowest BCUT2D eigenvalue weighted by atomic mass is 9.86. The van der Waals surface area contributed by atoms with Crippen LogP contribution in [0.15, 0.2) is 18.2 Å². The first-order chi connectivity index (χ1) is 8.09. The van der Waals surface area contributed by atoms with E-state index in [0.717, 1.165) is 11.6 Å². The molecule has 1 aromatic carbocycles. The van der Waals surface area contributed by atoms with Crippen molar-refractivity contribution in [3.05, 3.63) is 23.8 Å². The quantitative estimate of drug-likeness (QED) is 0.790. The van der Waals surface area contributed by atoms with E-state index in [1.165, 1.54) is 36.9 Å². The van der Waals surface area contributed by atoms with Crippen molar-refractivity contribution in [1.82, 2.24) is 0 Å². The number of benzene rings is 1. The van der Waals surface area contributed by atoms with Gasteiger partial charge in [-0.05, 0) is 50.2 Å². The number of aryl methyl sites for hydroxylation is 1. The summed E-state index contributed by atoms with van der Waals surface area (Å²) in [7, 11) is 2.19. The molecule has 0 aromatic heterocycles. The maximum atomic E-state index is 6.11. The Morgan fingerprint density at radius 2 is 1.82 bits per heavy atom. The SMILES string of the molecule is Cc1cccc(N)c1N(C)C1CCC(C)CC1. The van der Waals surface area contributed by atoms with Gasteiger partial charge in [-0.25, -0.2) is 0 Å². The zero-order chi connectivity index (χ0) is 12.4. The van der Waals surface area contributed by atoms with E-state index in [1.54, 1.807) is 0 Å². The molecule has 2 nitrogen and oxygen atoms in total. The lowest BCUT2D eigenvalue weighted by Gasteiger charge is -2.36.